The van der Waals surface area contributed by atoms with Crippen molar-refractivity contribution in [2.45, 2.75) is 28.4 Å². The number of nitrogens with zero attached hydrogens (tertiary/aromatic N) is 4. The fraction of sp³-hybridized carbons (Fsp3) is 0.231. The van der Waals surface area contributed by atoms with E-state index in [2.05, 4.69) is 15.2 Å². The topological polar surface area (TPSA) is 142 Å². The number of rotatable bonds is 5. The van der Waals surface area contributed by atoms with Gasteiger partial charge in [-0.1, -0.05) is 30.3 Å². The molecule has 202 valence electrons. The summed E-state index contributed by atoms with van der Waals surface area (Å²) in [5, 5.41) is 13.6. The molecule has 6 rings (SSSR count). The molecular formula is C26H25N5O6S2. The Balaban J connectivity index is 1.48. The summed E-state index contributed by atoms with van der Waals surface area (Å²) in [7, 11) is -7.29. The van der Waals surface area contributed by atoms with Crippen molar-refractivity contribution in [3.05, 3.63) is 78.6 Å². The molecule has 2 unspecified atom stereocenters. The lowest BCUT2D eigenvalue weighted by Crippen LogP contribution is -2.40. The molecule has 2 aromatic carbocycles. The summed E-state index contributed by atoms with van der Waals surface area (Å²) in [4.78, 5) is 20.0. The fourth-order valence-corrected chi connectivity index (χ4v) is 7.31. The maximum Gasteiger partial charge on any atom is 0.407 e. The summed E-state index contributed by atoms with van der Waals surface area (Å²) >= 11 is 0. The molecule has 2 aromatic heterocycles. The molecule has 13 heteroatoms. The van der Waals surface area contributed by atoms with Gasteiger partial charge < -0.3 is 20.2 Å². The van der Waals surface area contributed by atoms with Gasteiger partial charge in [-0.15, -0.1) is 0 Å². The van der Waals surface area contributed by atoms with Gasteiger partial charge in [0.05, 0.1) is 33.4 Å². The van der Waals surface area contributed by atoms with Crippen LogP contribution in [0.25, 0.3) is 11.0 Å². The van der Waals surface area contributed by atoms with E-state index in [1.807, 2.05) is 0 Å². The van der Waals surface area contributed by atoms with Gasteiger partial charge in [-0.25, -0.2) is 30.6 Å². The van der Waals surface area contributed by atoms with Crippen molar-refractivity contribution in [3.8, 4) is 0 Å². The first-order valence-corrected chi connectivity index (χ1v) is 15.5. The molecule has 11 nitrogen and oxygen atoms in total. The van der Waals surface area contributed by atoms with Crippen LogP contribution in [-0.4, -0.2) is 67.3 Å². The number of sulfone groups is 1. The molecule has 0 saturated carbocycles. The zero-order valence-electron chi connectivity index (χ0n) is 20.8. The average Bonchev–Trinajstić information content (AvgIpc) is 3.65. The molecule has 0 bridgehead atoms. The van der Waals surface area contributed by atoms with E-state index in [1.54, 1.807) is 54.7 Å². The highest BCUT2D eigenvalue weighted by Crippen LogP contribution is 2.47. The largest absolute Gasteiger partial charge is 0.465 e. The second-order valence-electron chi connectivity index (χ2n) is 9.65. The number of fused-ring (bicyclic) bond motifs is 3. The molecule has 2 atom stereocenters. The number of amides is 1. The van der Waals surface area contributed by atoms with Gasteiger partial charge in [0.2, 0.25) is 0 Å². The third-order valence-electron chi connectivity index (χ3n) is 7.23. The van der Waals surface area contributed by atoms with E-state index in [-0.39, 0.29) is 28.0 Å². The quantitative estimate of drug-likeness (QED) is 0.371. The minimum Gasteiger partial charge on any atom is -0.465 e. The highest BCUT2D eigenvalue weighted by molar-refractivity contribution is 7.90. The predicted molar refractivity (Wildman–Crippen MR) is 145 cm³/mol. The Morgan fingerprint density at radius 3 is 2.36 bits per heavy atom. The van der Waals surface area contributed by atoms with E-state index in [0.717, 1.165) is 21.5 Å². The molecule has 2 N–H and O–H groups in total. The SMILES string of the molecule is CS(=O)(=O)c1ccc(C2Nc3cnc4c(ccn4S(=O)(=O)c4ccccc4)c3N2C2CCN(C(=O)O)C2)cc1. The smallest absolute Gasteiger partial charge is 0.407 e. The summed E-state index contributed by atoms with van der Waals surface area (Å²) in [5.41, 5.74) is 2.42. The van der Waals surface area contributed by atoms with E-state index < -0.39 is 32.1 Å². The second kappa shape index (κ2) is 8.99. The molecule has 0 spiro atoms. The number of hydrogen-bond acceptors (Lipinski definition) is 8. The van der Waals surface area contributed by atoms with E-state index in [9.17, 15) is 26.7 Å². The highest BCUT2D eigenvalue weighted by atomic mass is 32.2. The third-order valence-corrected chi connectivity index (χ3v) is 10.0. The van der Waals surface area contributed by atoms with Gasteiger partial charge in [0.25, 0.3) is 10.0 Å². The first kappa shape index (κ1) is 25.2. The van der Waals surface area contributed by atoms with Crippen LogP contribution in [0.4, 0.5) is 16.2 Å². The maximum atomic E-state index is 13.4. The molecule has 0 radical (unpaired) electrons. The van der Waals surface area contributed by atoms with Crippen molar-refractivity contribution in [1.82, 2.24) is 13.9 Å². The van der Waals surface area contributed by atoms with Crippen molar-refractivity contribution in [2.75, 3.05) is 29.6 Å². The monoisotopic (exact) mass is 567 g/mol. The molecule has 0 aliphatic carbocycles. The summed E-state index contributed by atoms with van der Waals surface area (Å²) < 4.78 is 52.0. The molecule has 2 aliphatic rings. The lowest BCUT2D eigenvalue weighted by atomic mass is 10.1. The number of likely N-dealkylation sites (tertiary alicyclic amines) is 1. The normalized spacial score (nSPS) is 19.3. The highest BCUT2D eigenvalue weighted by Gasteiger charge is 2.41. The Hall–Kier alpha value is -4.10. The third kappa shape index (κ3) is 4.17. The van der Waals surface area contributed by atoms with Crippen molar-refractivity contribution in [3.63, 3.8) is 0 Å². The number of aromatic nitrogens is 2. The Bertz CT molecular complexity index is 1800. The predicted octanol–water partition coefficient (Wildman–Crippen LogP) is 3.36. The van der Waals surface area contributed by atoms with Crippen LogP contribution in [0.1, 0.15) is 18.2 Å². The van der Waals surface area contributed by atoms with E-state index in [1.165, 1.54) is 23.2 Å². The van der Waals surface area contributed by atoms with Gasteiger partial charge in [0.1, 0.15) is 6.17 Å². The molecular weight excluding hydrogens is 542 g/mol. The Labute approximate surface area is 225 Å². The zero-order valence-corrected chi connectivity index (χ0v) is 22.4. The second-order valence-corrected chi connectivity index (χ2v) is 13.5. The van der Waals surface area contributed by atoms with Gasteiger partial charge in [0, 0.05) is 30.9 Å². The molecule has 4 aromatic rings. The number of pyridine rings is 1. The lowest BCUT2D eigenvalue weighted by Gasteiger charge is -2.33. The van der Waals surface area contributed by atoms with Crippen LogP contribution in [0.5, 0.6) is 0 Å². The minimum absolute atomic E-state index is 0.136. The first-order valence-electron chi connectivity index (χ1n) is 12.2. The summed E-state index contributed by atoms with van der Waals surface area (Å²) in [6.07, 6.45) is 3.32. The number of carboxylic acid groups (broad SMARTS) is 1. The number of hydrogen-bond donors (Lipinski definition) is 2. The van der Waals surface area contributed by atoms with Crippen LogP contribution in [-0.2, 0) is 19.9 Å². The van der Waals surface area contributed by atoms with Gasteiger partial charge in [-0.2, -0.15) is 0 Å². The van der Waals surface area contributed by atoms with Gasteiger partial charge in [0.15, 0.2) is 15.5 Å². The van der Waals surface area contributed by atoms with Crippen molar-refractivity contribution in [2.24, 2.45) is 0 Å². The van der Waals surface area contributed by atoms with Crippen LogP contribution in [0.3, 0.4) is 0 Å². The number of anilines is 2. The van der Waals surface area contributed by atoms with Crippen molar-refractivity contribution < 1.29 is 26.7 Å². The Kier molecular flexibility index (Phi) is 5.81. The minimum atomic E-state index is -3.91. The molecule has 4 heterocycles. The average molecular weight is 568 g/mol. The zero-order chi connectivity index (χ0) is 27.5. The first-order chi connectivity index (χ1) is 18.6. The maximum absolute atomic E-state index is 13.4. The summed E-state index contributed by atoms with van der Waals surface area (Å²) in [5.74, 6) is 0. The van der Waals surface area contributed by atoms with E-state index in [4.69, 9.17) is 0 Å². The summed E-state index contributed by atoms with van der Waals surface area (Å²) in [6.45, 7) is 0.629. The van der Waals surface area contributed by atoms with Gasteiger partial charge in [-0.3, -0.25) is 0 Å². The lowest BCUT2D eigenvalue weighted by molar-refractivity contribution is 0.155. The van der Waals surface area contributed by atoms with Crippen molar-refractivity contribution >= 4 is 48.4 Å². The van der Waals surface area contributed by atoms with Crippen LogP contribution in [0.15, 0.2) is 82.8 Å². The van der Waals surface area contributed by atoms with Crippen molar-refractivity contribution in [1.29, 1.82) is 0 Å². The molecule has 1 saturated heterocycles. The molecule has 1 amide bonds. The molecule has 39 heavy (non-hydrogen) atoms. The standard InChI is InChI=1S/C26H25N5O6S2/c1-38(34,35)19-9-7-17(8-10-19)24-28-22-15-27-25-21(23(22)31(24)18-11-13-29(16-18)26(32)33)12-14-30(25)39(36,37)20-5-3-2-4-6-20/h2-10,12,14-15,18,24,28H,11,13,16H2,1H3,(H,32,33). The van der Waals surface area contributed by atoms with Crippen LogP contribution in [0, 0.1) is 0 Å². The fourth-order valence-electron chi connectivity index (χ4n) is 5.36. The van der Waals surface area contributed by atoms with Gasteiger partial charge >= 0.3 is 6.09 Å². The number of carbonyl (C=O) groups is 1. The molecule has 2 aliphatic heterocycles. The Morgan fingerprint density at radius 2 is 1.72 bits per heavy atom. The number of nitrogens with one attached hydrogen (secondary N) is 1. The van der Waals surface area contributed by atoms with Crippen LogP contribution < -0.4 is 10.2 Å². The van der Waals surface area contributed by atoms with E-state index >= 15 is 0 Å². The Morgan fingerprint density at radius 1 is 1.00 bits per heavy atom. The van der Waals surface area contributed by atoms with Crippen LogP contribution in [0.2, 0.25) is 0 Å². The van der Waals surface area contributed by atoms with Gasteiger partial charge in [-0.05, 0) is 42.3 Å². The molecule has 1 fully saturated rings. The summed E-state index contributed by atoms with van der Waals surface area (Å²) in [6, 6.07) is 16.1. The van der Waals surface area contributed by atoms with Crippen LogP contribution >= 0.6 is 0 Å². The van der Waals surface area contributed by atoms with E-state index in [0.29, 0.717) is 24.0 Å². The number of benzene rings is 2.